The number of hydrogen-bond donors (Lipinski definition) is 3. The number of rotatable bonds is 8. The van der Waals surface area contributed by atoms with E-state index in [1.807, 2.05) is 6.92 Å². The van der Waals surface area contributed by atoms with E-state index >= 15 is 0 Å². The van der Waals surface area contributed by atoms with Crippen molar-refractivity contribution < 1.29 is 17.9 Å². The van der Waals surface area contributed by atoms with Crippen molar-refractivity contribution in [3.63, 3.8) is 0 Å². The van der Waals surface area contributed by atoms with Crippen molar-refractivity contribution in [2.75, 3.05) is 31.5 Å². The number of phenols is 1. The zero-order valence-corrected chi connectivity index (χ0v) is 22.0. The van der Waals surface area contributed by atoms with Crippen LogP contribution in [0.15, 0.2) is 53.4 Å². The predicted molar refractivity (Wildman–Crippen MR) is 144 cm³/mol. The molecule has 0 radical (unpaired) electrons. The van der Waals surface area contributed by atoms with E-state index in [0.29, 0.717) is 46.5 Å². The lowest BCUT2D eigenvalue weighted by Crippen LogP contribution is -2.33. The molecular formula is C27H29FN6O3S. The van der Waals surface area contributed by atoms with E-state index in [1.165, 1.54) is 18.2 Å². The number of likely N-dealkylation sites (tertiary alicyclic amines) is 1. The molecule has 3 aromatic carbocycles. The van der Waals surface area contributed by atoms with E-state index in [1.54, 1.807) is 37.3 Å². The van der Waals surface area contributed by atoms with Gasteiger partial charge in [0.25, 0.3) is 0 Å². The zero-order chi connectivity index (χ0) is 26.9. The SMILES string of the molecule is Cc1ccc(O)c(F)c1-c1cc(C)c2nc(Nc3ccc(S(=O)(=O)NCCN4CCCC4)cc3)nnc2c1. The Kier molecular flexibility index (Phi) is 7.24. The fourth-order valence-electron chi connectivity index (χ4n) is 4.70. The highest BCUT2D eigenvalue weighted by molar-refractivity contribution is 7.89. The first-order chi connectivity index (χ1) is 18.2. The van der Waals surface area contributed by atoms with E-state index in [2.05, 4.69) is 30.1 Å². The molecule has 0 spiro atoms. The smallest absolute Gasteiger partial charge is 0.247 e. The highest BCUT2D eigenvalue weighted by Gasteiger charge is 2.17. The maximum atomic E-state index is 14.7. The summed E-state index contributed by atoms with van der Waals surface area (Å²) < 4.78 is 42.6. The lowest BCUT2D eigenvalue weighted by atomic mass is 9.97. The number of aromatic nitrogens is 3. The van der Waals surface area contributed by atoms with Crippen molar-refractivity contribution in [1.82, 2.24) is 24.8 Å². The first kappa shape index (κ1) is 26.0. The summed E-state index contributed by atoms with van der Waals surface area (Å²) in [4.78, 5) is 6.99. The van der Waals surface area contributed by atoms with E-state index in [0.717, 1.165) is 31.5 Å². The molecule has 4 aromatic rings. The van der Waals surface area contributed by atoms with Crippen molar-refractivity contribution in [2.24, 2.45) is 0 Å². The van der Waals surface area contributed by atoms with Crippen LogP contribution < -0.4 is 10.0 Å². The van der Waals surface area contributed by atoms with Gasteiger partial charge >= 0.3 is 0 Å². The number of fused-ring (bicyclic) bond motifs is 1. The summed E-state index contributed by atoms with van der Waals surface area (Å²) in [6, 6.07) is 12.8. The van der Waals surface area contributed by atoms with E-state index in [9.17, 15) is 17.9 Å². The van der Waals surface area contributed by atoms with Gasteiger partial charge < -0.3 is 15.3 Å². The number of hydrogen-bond acceptors (Lipinski definition) is 8. The Labute approximate surface area is 220 Å². The summed E-state index contributed by atoms with van der Waals surface area (Å²) in [5.41, 5.74) is 4.00. The minimum absolute atomic E-state index is 0.180. The van der Waals surface area contributed by atoms with Gasteiger partial charge in [-0.1, -0.05) is 6.07 Å². The molecule has 0 amide bonds. The molecule has 11 heteroatoms. The van der Waals surface area contributed by atoms with Crippen molar-refractivity contribution in [2.45, 2.75) is 31.6 Å². The van der Waals surface area contributed by atoms with Gasteiger partial charge in [0.1, 0.15) is 5.52 Å². The van der Waals surface area contributed by atoms with Crippen molar-refractivity contribution in [1.29, 1.82) is 0 Å². The third-order valence-corrected chi connectivity index (χ3v) is 8.19. The summed E-state index contributed by atoms with van der Waals surface area (Å²) >= 11 is 0. The van der Waals surface area contributed by atoms with Gasteiger partial charge in [0.15, 0.2) is 11.6 Å². The number of nitrogens with one attached hydrogen (secondary N) is 2. The van der Waals surface area contributed by atoms with Gasteiger partial charge in [0, 0.05) is 24.3 Å². The van der Waals surface area contributed by atoms with Crippen molar-refractivity contribution >= 4 is 32.7 Å². The highest BCUT2D eigenvalue weighted by Crippen LogP contribution is 2.34. The van der Waals surface area contributed by atoms with Gasteiger partial charge in [0.2, 0.25) is 16.0 Å². The first-order valence-electron chi connectivity index (χ1n) is 12.4. The number of phenolic OH excluding ortho intramolecular Hbond substituents is 1. The van der Waals surface area contributed by atoms with Gasteiger partial charge in [-0.3, -0.25) is 0 Å². The molecule has 1 aromatic heterocycles. The normalized spacial score (nSPS) is 14.3. The second-order valence-electron chi connectivity index (χ2n) is 9.48. The number of aromatic hydroxyl groups is 1. The maximum absolute atomic E-state index is 14.7. The third kappa shape index (κ3) is 5.45. The van der Waals surface area contributed by atoms with Crippen LogP contribution in [-0.2, 0) is 10.0 Å². The summed E-state index contributed by atoms with van der Waals surface area (Å²) in [6.07, 6.45) is 2.33. The lowest BCUT2D eigenvalue weighted by molar-refractivity contribution is 0.344. The predicted octanol–water partition coefficient (Wildman–Crippen LogP) is 4.27. The van der Waals surface area contributed by atoms with E-state index in [4.69, 9.17) is 0 Å². The Hall–Kier alpha value is -3.67. The van der Waals surface area contributed by atoms with Gasteiger partial charge in [0.05, 0.1) is 10.4 Å². The highest BCUT2D eigenvalue weighted by atomic mass is 32.2. The standard InChI is InChI=1S/C27H29FN6O3S/c1-17-5-10-23(35)25(28)24(17)19-15-18(2)26-22(16-19)32-33-27(31-26)30-20-6-8-21(9-7-20)38(36,37)29-11-14-34-12-3-4-13-34/h5-10,15-16,29,35H,3-4,11-14H2,1-2H3,(H,30,31,33). The van der Waals surface area contributed by atoms with Crippen LogP contribution >= 0.6 is 0 Å². The quantitative estimate of drug-likeness (QED) is 0.305. The maximum Gasteiger partial charge on any atom is 0.247 e. The number of aryl methyl sites for hydroxylation is 2. The van der Waals surface area contributed by atoms with Crippen LogP contribution in [0.4, 0.5) is 16.0 Å². The molecule has 2 heterocycles. The summed E-state index contributed by atoms with van der Waals surface area (Å²) in [5, 5.41) is 21.3. The number of nitrogens with zero attached hydrogens (tertiary/aromatic N) is 4. The Morgan fingerprint density at radius 1 is 1.00 bits per heavy atom. The molecular weight excluding hydrogens is 507 g/mol. The van der Waals surface area contributed by atoms with Gasteiger partial charge in [-0.25, -0.2) is 22.5 Å². The molecule has 1 aliphatic heterocycles. The Morgan fingerprint density at radius 2 is 1.74 bits per heavy atom. The van der Waals surface area contributed by atoms with Gasteiger partial charge in [-0.2, -0.15) is 0 Å². The minimum atomic E-state index is -3.60. The molecule has 0 unspecified atom stereocenters. The van der Waals surface area contributed by atoms with Crippen LogP contribution in [0.25, 0.3) is 22.2 Å². The van der Waals surface area contributed by atoms with Crippen LogP contribution in [0, 0.1) is 19.7 Å². The number of benzene rings is 3. The summed E-state index contributed by atoms with van der Waals surface area (Å²) in [5.74, 6) is -0.855. The van der Waals surface area contributed by atoms with Crippen LogP contribution in [-0.4, -0.2) is 59.8 Å². The second kappa shape index (κ2) is 10.6. The minimum Gasteiger partial charge on any atom is -0.505 e. The van der Waals surface area contributed by atoms with Crippen molar-refractivity contribution in [3.05, 3.63) is 65.5 Å². The second-order valence-corrected chi connectivity index (χ2v) is 11.2. The molecule has 198 valence electrons. The molecule has 9 nitrogen and oxygen atoms in total. The molecule has 0 bridgehead atoms. The monoisotopic (exact) mass is 536 g/mol. The van der Waals surface area contributed by atoms with E-state index < -0.39 is 21.6 Å². The Morgan fingerprint density at radius 3 is 2.47 bits per heavy atom. The first-order valence-corrected chi connectivity index (χ1v) is 13.9. The Balaban J connectivity index is 1.31. The number of sulfonamides is 1. The number of anilines is 2. The van der Waals surface area contributed by atoms with Crippen molar-refractivity contribution in [3.8, 4) is 16.9 Å². The Bertz CT molecular complexity index is 1590. The fourth-order valence-corrected chi connectivity index (χ4v) is 5.72. The molecule has 0 saturated carbocycles. The van der Waals surface area contributed by atoms with E-state index in [-0.39, 0.29) is 10.8 Å². The molecule has 5 rings (SSSR count). The van der Waals surface area contributed by atoms with Gasteiger partial charge in [-0.05, 0) is 98.9 Å². The molecule has 1 saturated heterocycles. The molecule has 1 aliphatic rings. The number of halogens is 1. The summed E-state index contributed by atoms with van der Waals surface area (Å²) in [6.45, 7) is 6.73. The average Bonchev–Trinajstić information content (AvgIpc) is 3.41. The topological polar surface area (TPSA) is 120 Å². The average molecular weight is 537 g/mol. The van der Waals surface area contributed by atoms with Crippen LogP contribution in [0.2, 0.25) is 0 Å². The van der Waals surface area contributed by atoms with Crippen LogP contribution in [0.3, 0.4) is 0 Å². The summed E-state index contributed by atoms with van der Waals surface area (Å²) in [7, 11) is -3.60. The van der Waals surface area contributed by atoms with Gasteiger partial charge in [-0.15, -0.1) is 10.2 Å². The third-order valence-electron chi connectivity index (χ3n) is 6.71. The molecule has 3 N–H and O–H groups in total. The fraction of sp³-hybridized carbons (Fsp3) is 0.296. The zero-order valence-electron chi connectivity index (χ0n) is 21.2. The largest absolute Gasteiger partial charge is 0.505 e. The molecule has 0 atom stereocenters. The lowest BCUT2D eigenvalue weighted by Gasteiger charge is -2.15. The van der Waals surface area contributed by atoms with Crippen LogP contribution in [0.1, 0.15) is 24.0 Å². The molecule has 1 fully saturated rings. The van der Waals surface area contributed by atoms with Crippen LogP contribution in [0.5, 0.6) is 5.75 Å². The molecule has 38 heavy (non-hydrogen) atoms. The molecule has 0 aliphatic carbocycles.